The molecule has 5 rings (SSSR count). The molecule has 0 aliphatic carbocycles. The van der Waals surface area contributed by atoms with Crippen molar-refractivity contribution in [3.63, 3.8) is 0 Å². The number of pyridine rings is 1. The Morgan fingerprint density at radius 3 is 2.29 bits per heavy atom. The van der Waals surface area contributed by atoms with Crippen LogP contribution in [-0.2, 0) is 6.54 Å². The minimum absolute atomic E-state index is 0.164. The fourth-order valence-corrected chi connectivity index (χ4v) is 4.91. The summed E-state index contributed by atoms with van der Waals surface area (Å²) in [5.41, 5.74) is 6.64. The monoisotopic (exact) mass is 567 g/mol. The summed E-state index contributed by atoms with van der Waals surface area (Å²) in [6.07, 6.45) is 3.69. The van der Waals surface area contributed by atoms with E-state index in [1.54, 1.807) is 30.9 Å². The topological polar surface area (TPSA) is 86.5 Å². The van der Waals surface area contributed by atoms with Gasteiger partial charge in [0.2, 0.25) is 0 Å². The van der Waals surface area contributed by atoms with Gasteiger partial charge < -0.3 is 14.6 Å². The van der Waals surface area contributed by atoms with Gasteiger partial charge in [-0.2, -0.15) is 5.10 Å². The van der Waals surface area contributed by atoms with E-state index in [1.807, 2.05) is 81.4 Å². The fourth-order valence-electron chi connectivity index (χ4n) is 4.80. The van der Waals surface area contributed by atoms with Crippen LogP contribution in [0.2, 0.25) is 5.02 Å². The summed E-state index contributed by atoms with van der Waals surface area (Å²) < 4.78 is 13.2. The third-order valence-electron chi connectivity index (χ3n) is 6.91. The SMILES string of the molecule is COc1cc(/C=C/c2cc(C(=O)O)c3c(C)nn(Cc4ccc(Oc5cc(C)c(Cl)c(C)c5)cc4)c3n2)ccc1C. The maximum atomic E-state index is 12.2. The average Bonchev–Trinajstić information content (AvgIpc) is 3.26. The molecule has 1 N–H and O–H groups in total. The second-order valence-electron chi connectivity index (χ2n) is 10.0. The molecule has 0 atom stereocenters. The number of rotatable bonds is 8. The summed E-state index contributed by atoms with van der Waals surface area (Å²) >= 11 is 6.28. The molecule has 3 aromatic carbocycles. The quantitative estimate of drug-likeness (QED) is 0.204. The molecule has 0 bridgehead atoms. The molecule has 208 valence electrons. The van der Waals surface area contributed by atoms with Gasteiger partial charge in [0.1, 0.15) is 17.2 Å². The van der Waals surface area contributed by atoms with Gasteiger partial charge in [0.05, 0.1) is 36.0 Å². The molecule has 0 fully saturated rings. The van der Waals surface area contributed by atoms with E-state index in [4.69, 9.17) is 26.1 Å². The highest BCUT2D eigenvalue weighted by Crippen LogP contribution is 2.30. The lowest BCUT2D eigenvalue weighted by molar-refractivity contribution is 0.0699. The van der Waals surface area contributed by atoms with Crippen LogP contribution in [0.15, 0.2) is 60.7 Å². The lowest BCUT2D eigenvalue weighted by Gasteiger charge is -2.10. The Balaban J connectivity index is 1.44. The fraction of sp³-hybridized carbons (Fsp3) is 0.182. The molecular formula is C33H30ClN3O4. The Bertz CT molecular complexity index is 1780. The van der Waals surface area contributed by atoms with Gasteiger partial charge in [-0.05, 0) is 98.0 Å². The van der Waals surface area contributed by atoms with Crippen LogP contribution in [0.3, 0.4) is 0 Å². The van der Waals surface area contributed by atoms with Crippen molar-refractivity contribution in [2.45, 2.75) is 34.2 Å². The van der Waals surface area contributed by atoms with Gasteiger partial charge in [0.15, 0.2) is 5.65 Å². The highest BCUT2D eigenvalue weighted by atomic mass is 35.5. The van der Waals surface area contributed by atoms with Crippen molar-refractivity contribution in [3.05, 3.63) is 110 Å². The first kappa shape index (κ1) is 27.9. The second kappa shape index (κ2) is 11.5. The summed E-state index contributed by atoms with van der Waals surface area (Å²) in [6.45, 7) is 8.09. The van der Waals surface area contributed by atoms with Crippen LogP contribution in [0, 0.1) is 27.7 Å². The van der Waals surface area contributed by atoms with Crippen LogP contribution in [0.1, 0.15) is 49.6 Å². The lowest BCUT2D eigenvalue weighted by Crippen LogP contribution is -2.05. The number of benzene rings is 3. The number of aromatic carboxylic acids is 1. The number of nitrogens with zero attached hydrogens (tertiary/aromatic N) is 3. The van der Waals surface area contributed by atoms with Gasteiger partial charge >= 0.3 is 5.97 Å². The minimum atomic E-state index is -1.03. The Hall–Kier alpha value is -4.62. The maximum absolute atomic E-state index is 12.2. The normalized spacial score (nSPS) is 11.4. The first-order valence-electron chi connectivity index (χ1n) is 13.1. The summed E-state index contributed by atoms with van der Waals surface area (Å²) in [5.74, 6) is 1.18. The van der Waals surface area contributed by atoms with Gasteiger partial charge in [-0.1, -0.05) is 41.9 Å². The zero-order chi connectivity index (χ0) is 29.3. The summed E-state index contributed by atoms with van der Waals surface area (Å²) in [4.78, 5) is 17.0. The number of aryl methyl sites for hydroxylation is 4. The van der Waals surface area contributed by atoms with E-state index < -0.39 is 5.97 Å². The van der Waals surface area contributed by atoms with Crippen LogP contribution in [0.25, 0.3) is 23.2 Å². The summed E-state index contributed by atoms with van der Waals surface area (Å²) in [6, 6.07) is 19.0. The molecule has 41 heavy (non-hydrogen) atoms. The number of carboxylic acids is 1. The van der Waals surface area contributed by atoms with Gasteiger partial charge in [0, 0.05) is 5.02 Å². The number of hydrogen-bond acceptors (Lipinski definition) is 5. The molecule has 5 aromatic rings. The zero-order valence-corrected chi connectivity index (χ0v) is 24.3. The maximum Gasteiger partial charge on any atom is 0.336 e. The van der Waals surface area contributed by atoms with Crippen molar-refractivity contribution >= 4 is 40.8 Å². The van der Waals surface area contributed by atoms with E-state index in [-0.39, 0.29) is 5.56 Å². The smallest absolute Gasteiger partial charge is 0.336 e. The molecule has 2 heterocycles. The first-order valence-corrected chi connectivity index (χ1v) is 13.5. The van der Waals surface area contributed by atoms with E-state index in [0.717, 1.165) is 44.3 Å². The molecule has 0 unspecified atom stereocenters. The number of ether oxygens (including phenoxy) is 2. The zero-order valence-electron chi connectivity index (χ0n) is 23.5. The highest BCUT2D eigenvalue weighted by Gasteiger charge is 2.19. The molecule has 2 aromatic heterocycles. The molecule has 7 nitrogen and oxygen atoms in total. The van der Waals surface area contributed by atoms with Crippen molar-refractivity contribution in [2.24, 2.45) is 0 Å². The number of methoxy groups -OCH3 is 1. The van der Waals surface area contributed by atoms with Crippen molar-refractivity contribution in [1.29, 1.82) is 0 Å². The van der Waals surface area contributed by atoms with Crippen molar-refractivity contribution in [1.82, 2.24) is 14.8 Å². The Morgan fingerprint density at radius 2 is 1.63 bits per heavy atom. The van der Waals surface area contributed by atoms with Crippen LogP contribution in [-0.4, -0.2) is 33.0 Å². The van der Waals surface area contributed by atoms with E-state index >= 15 is 0 Å². The molecular weight excluding hydrogens is 538 g/mol. The van der Waals surface area contributed by atoms with Crippen LogP contribution >= 0.6 is 11.6 Å². The van der Waals surface area contributed by atoms with E-state index in [2.05, 4.69) is 5.10 Å². The predicted octanol–water partition coefficient (Wildman–Crippen LogP) is 8.04. The number of hydrogen-bond donors (Lipinski definition) is 1. The van der Waals surface area contributed by atoms with Gasteiger partial charge in [0.25, 0.3) is 0 Å². The second-order valence-corrected chi connectivity index (χ2v) is 10.4. The molecule has 0 aliphatic rings. The molecule has 0 aliphatic heterocycles. The number of carboxylic acid groups (broad SMARTS) is 1. The average molecular weight is 568 g/mol. The Labute approximate surface area is 243 Å². The van der Waals surface area contributed by atoms with Gasteiger partial charge in [-0.3, -0.25) is 0 Å². The number of aromatic nitrogens is 3. The Kier molecular flexibility index (Phi) is 7.81. The highest BCUT2D eigenvalue weighted by molar-refractivity contribution is 6.32. The molecule has 0 saturated heterocycles. The number of halogens is 1. The van der Waals surface area contributed by atoms with Crippen molar-refractivity contribution < 1.29 is 19.4 Å². The van der Waals surface area contributed by atoms with Crippen molar-refractivity contribution in [2.75, 3.05) is 7.11 Å². The molecule has 0 spiro atoms. The van der Waals surface area contributed by atoms with E-state index in [1.165, 1.54) is 0 Å². The van der Waals surface area contributed by atoms with E-state index in [9.17, 15) is 9.90 Å². The summed E-state index contributed by atoms with van der Waals surface area (Å²) in [5, 5.41) is 15.9. The number of carbonyl (C=O) groups is 1. The van der Waals surface area contributed by atoms with Crippen LogP contribution in [0.4, 0.5) is 0 Å². The predicted molar refractivity (Wildman–Crippen MR) is 162 cm³/mol. The van der Waals surface area contributed by atoms with Gasteiger partial charge in [-0.25, -0.2) is 14.5 Å². The lowest BCUT2D eigenvalue weighted by atomic mass is 10.1. The van der Waals surface area contributed by atoms with Crippen molar-refractivity contribution in [3.8, 4) is 17.2 Å². The van der Waals surface area contributed by atoms with Gasteiger partial charge in [-0.15, -0.1) is 0 Å². The summed E-state index contributed by atoms with van der Waals surface area (Å²) in [7, 11) is 1.63. The third kappa shape index (κ3) is 5.95. The van der Waals surface area contributed by atoms with Crippen LogP contribution in [0.5, 0.6) is 17.2 Å². The van der Waals surface area contributed by atoms with Crippen LogP contribution < -0.4 is 9.47 Å². The van der Waals surface area contributed by atoms with E-state index in [0.29, 0.717) is 34.7 Å². The third-order valence-corrected chi connectivity index (χ3v) is 7.50. The largest absolute Gasteiger partial charge is 0.496 e. The standard InChI is InChI=1S/C33H30ClN3O4/c1-19-6-7-23(16-29(19)40-5)8-11-25-17-28(33(38)39)30-22(4)36-37(32(30)35-25)18-24-9-12-26(13-10-24)41-27-14-20(2)31(34)21(3)15-27/h6-17H,18H2,1-5H3,(H,38,39)/b11-8+. The molecule has 0 saturated carbocycles. The number of fused-ring (bicyclic) bond motifs is 1. The molecule has 0 radical (unpaired) electrons. The molecule has 0 amide bonds. The first-order chi connectivity index (χ1) is 19.6. The minimum Gasteiger partial charge on any atom is -0.496 e. The molecule has 8 heteroatoms. The Morgan fingerprint density at radius 1 is 0.927 bits per heavy atom.